The second kappa shape index (κ2) is 9.58. The number of carboxylic acids is 1. The summed E-state index contributed by atoms with van der Waals surface area (Å²) in [6.45, 7) is 0.611. The SMILES string of the molecule is O=C(O)C(Cl)CCCCCc1ccc(OCc2cccs2)cc1. The van der Waals surface area contributed by atoms with Crippen molar-refractivity contribution in [2.45, 2.75) is 44.1 Å². The van der Waals surface area contributed by atoms with E-state index in [1.165, 1.54) is 10.4 Å². The van der Waals surface area contributed by atoms with E-state index in [1.807, 2.05) is 23.6 Å². The molecular formula is C18H21ClO3S. The minimum absolute atomic E-state index is 0.534. The molecule has 0 fully saturated rings. The molecule has 0 aliphatic carbocycles. The molecule has 124 valence electrons. The fourth-order valence-electron chi connectivity index (χ4n) is 2.25. The summed E-state index contributed by atoms with van der Waals surface area (Å²) in [5.74, 6) is -0.0432. The molecule has 5 heteroatoms. The van der Waals surface area contributed by atoms with Gasteiger partial charge in [-0.1, -0.05) is 31.0 Å². The van der Waals surface area contributed by atoms with Gasteiger partial charge in [0.2, 0.25) is 0 Å². The number of benzene rings is 1. The number of hydrogen-bond acceptors (Lipinski definition) is 3. The van der Waals surface area contributed by atoms with Crippen molar-refractivity contribution in [1.29, 1.82) is 0 Å². The molecule has 1 aromatic carbocycles. The molecule has 1 atom stereocenters. The number of aliphatic carboxylic acids is 1. The van der Waals surface area contributed by atoms with E-state index in [-0.39, 0.29) is 0 Å². The van der Waals surface area contributed by atoms with Gasteiger partial charge in [0.15, 0.2) is 0 Å². The van der Waals surface area contributed by atoms with Crippen LogP contribution < -0.4 is 4.74 Å². The summed E-state index contributed by atoms with van der Waals surface area (Å²) in [5, 5.41) is 9.99. The van der Waals surface area contributed by atoms with E-state index in [0.29, 0.717) is 13.0 Å². The lowest BCUT2D eigenvalue weighted by Crippen LogP contribution is -2.12. The molecule has 2 aromatic rings. The van der Waals surface area contributed by atoms with Gasteiger partial charge in [0.25, 0.3) is 0 Å². The summed E-state index contributed by atoms with van der Waals surface area (Å²) < 4.78 is 5.74. The maximum Gasteiger partial charge on any atom is 0.321 e. The third-order valence-corrected chi connectivity index (χ3v) is 4.83. The van der Waals surface area contributed by atoms with Crippen LogP contribution in [0.2, 0.25) is 0 Å². The van der Waals surface area contributed by atoms with E-state index in [9.17, 15) is 4.79 Å². The molecule has 0 radical (unpaired) electrons. The average Bonchev–Trinajstić information content (AvgIpc) is 3.07. The van der Waals surface area contributed by atoms with Gasteiger partial charge < -0.3 is 9.84 Å². The van der Waals surface area contributed by atoms with Gasteiger partial charge in [-0.3, -0.25) is 4.79 Å². The van der Waals surface area contributed by atoms with Crippen LogP contribution in [0.5, 0.6) is 5.75 Å². The lowest BCUT2D eigenvalue weighted by atomic mass is 10.1. The number of rotatable bonds is 10. The maximum atomic E-state index is 10.6. The van der Waals surface area contributed by atoms with Gasteiger partial charge >= 0.3 is 5.97 Å². The summed E-state index contributed by atoms with van der Waals surface area (Å²) in [6, 6.07) is 12.3. The quantitative estimate of drug-likeness (QED) is 0.476. The van der Waals surface area contributed by atoms with Crippen LogP contribution in [0.4, 0.5) is 0 Å². The molecule has 23 heavy (non-hydrogen) atoms. The van der Waals surface area contributed by atoms with Gasteiger partial charge in [-0.2, -0.15) is 0 Å². The van der Waals surface area contributed by atoms with Crippen LogP contribution in [0.25, 0.3) is 0 Å². The van der Waals surface area contributed by atoms with Crippen molar-refractivity contribution < 1.29 is 14.6 Å². The second-order valence-electron chi connectivity index (χ2n) is 5.42. The molecule has 0 amide bonds. The van der Waals surface area contributed by atoms with Crippen molar-refractivity contribution in [2.75, 3.05) is 0 Å². The molecule has 2 rings (SSSR count). The van der Waals surface area contributed by atoms with Gasteiger partial charge in [-0.05, 0) is 48.4 Å². The van der Waals surface area contributed by atoms with Crippen molar-refractivity contribution in [1.82, 2.24) is 0 Å². The van der Waals surface area contributed by atoms with Crippen LogP contribution in [0.1, 0.15) is 36.1 Å². The van der Waals surface area contributed by atoms with Crippen molar-refractivity contribution in [3.63, 3.8) is 0 Å². The smallest absolute Gasteiger partial charge is 0.321 e. The predicted octanol–water partition coefficient (Wildman–Crippen LogP) is 5.12. The van der Waals surface area contributed by atoms with Crippen LogP contribution in [0.3, 0.4) is 0 Å². The Labute approximate surface area is 145 Å². The van der Waals surface area contributed by atoms with E-state index < -0.39 is 11.3 Å². The highest BCUT2D eigenvalue weighted by Gasteiger charge is 2.12. The fourth-order valence-corrected chi connectivity index (χ4v) is 3.02. The van der Waals surface area contributed by atoms with E-state index in [1.54, 1.807) is 11.3 Å². The topological polar surface area (TPSA) is 46.5 Å². The van der Waals surface area contributed by atoms with Crippen LogP contribution in [-0.2, 0) is 17.8 Å². The highest BCUT2D eigenvalue weighted by atomic mass is 35.5. The highest BCUT2D eigenvalue weighted by Crippen LogP contribution is 2.18. The van der Waals surface area contributed by atoms with E-state index in [4.69, 9.17) is 21.4 Å². The number of alkyl halides is 1. The molecule has 0 bridgehead atoms. The second-order valence-corrected chi connectivity index (χ2v) is 6.98. The van der Waals surface area contributed by atoms with Crippen molar-refractivity contribution in [3.8, 4) is 5.75 Å². The Morgan fingerprint density at radius 3 is 2.61 bits per heavy atom. The number of carbonyl (C=O) groups is 1. The Bertz CT molecular complexity index is 581. The first-order valence-corrected chi connectivity index (χ1v) is 9.08. The maximum absolute atomic E-state index is 10.6. The van der Waals surface area contributed by atoms with Gasteiger partial charge in [-0.15, -0.1) is 22.9 Å². The summed E-state index contributed by atoms with van der Waals surface area (Å²) >= 11 is 7.38. The standard InChI is InChI=1S/C18H21ClO3S/c19-17(18(20)21)7-3-1-2-5-14-8-10-15(11-9-14)22-13-16-6-4-12-23-16/h4,6,8-12,17H,1-3,5,7,13H2,(H,20,21). The first-order valence-electron chi connectivity index (χ1n) is 7.76. The molecule has 1 aromatic heterocycles. The lowest BCUT2D eigenvalue weighted by Gasteiger charge is -2.07. The van der Waals surface area contributed by atoms with E-state index in [2.05, 4.69) is 18.2 Å². The Balaban J connectivity index is 1.63. The minimum atomic E-state index is -0.926. The molecule has 0 saturated carbocycles. The summed E-state index contributed by atoms with van der Waals surface area (Å²) in [7, 11) is 0. The highest BCUT2D eigenvalue weighted by molar-refractivity contribution is 7.09. The van der Waals surface area contributed by atoms with E-state index in [0.717, 1.165) is 31.4 Å². The summed E-state index contributed by atoms with van der Waals surface area (Å²) in [5.41, 5.74) is 1.27. The molecule has 3 nitrogen and oxygen atoms in total. The number of unbranched alkanes of at least 4 members (excludes halogenated alkanes) is 2. The number of ether oxygens (including phenoxy) is 1. The van der Waals surface area contributed by atoms with Crippen molar-refractivity contribution in [2.24, 2.45) is 0 Å². The monoisotopic (exact) mass is 352 g/mol. The number of halogens is 1. The molecule has 1 N–H and O–H groups in total. The van der Waals surface area contributed by atoms with E-state index >= 15 is 0 Å². The zero-order valence-electron chi connectivity index (χ0n) is 12.9. The van der Waals surface area contributed by atoms with Gasteiger partial charge in [0, 0.05) is 4.88 Å². The molecular weight excluding hydrogens is 332 g/mol. The van der Waals surface area contributed by atoms with Gasteiger partial charge in [0.1, 0.15) is 17.7 Å². The Kier molecular flexibility index (Phi) is 7.43. The Morgan fingerprint density at radius 1 is 1.17 bits per heavy atom. The van der Waals surface area contributed by atoms with Crippen LogP contribution in [0.15, 0.2) is 41.8 Å². The molecule has 1 heterocycles. The number of thiophene rings is 1. The zero-order chi connectivity index (χ0) is 16.5. The normalized spacial score (nSPS) is 12.0. The van der Waals surface area contributed by atoms with Crippen molar-refractivity contribution >= 4 is 28.9 Å². The first-order chi connectivity index (χ1) is 11.1. The minimum Gasteiger partial charge on any atom is -0.488 e. The first kappa shape index (κ1) is 17.8. The molecule has 0 aliphatic rings. The summed E-state index contributed by atoms with van der Waals surface area (Å²) in [6.07, 6.45) is 4.41. The van der Waals surface area contributed by atoms with Crippen LogP contribution in [0, 0.1) is 0 Å². The largest absolute Gasteiger partial charge is 0.488 e. The Morgan fingerprint density at radius 2 is 1.96 bits per heavy atom. The predicted molar refractivity (Wildman–Crippen MR) is 94.5 cm³/mol. The zero-order valence-corrected chi connectivity index (χ0v) is 14.5. The third kappa shape index (κ3) is 6.63. The van der Waals surface area contributed by atoms with Crippen LogP contribution in [-0.4, -0.2) is 16.5 Å². The van der Waals surface area contributed by atoms with Crippen molar-refractivity contribution in [3.05, 3.63) is 52.2 Å². The summed E-state index contributed by atoms with van der Waals surface area (Å²) in [4.78, 5) is 11.8. The van der Waals surface area contributed by atoms with Crippen LogP contribution >= 0.6 is 22.9 Å². The number of aryl methyl sites for hydroxylation is 1. The average molecular weight is 353 g/mol. The number of hydrogen-bond donors (Lipinski definition) is 1. The third-order valence-electron chi connectivity index (χ3n) is 3.58. The van der Waals surface area contributed by atoms with Gasteiger partial charge in [-0.25, -0.2) is 0 Å². The molecule has 0 spiro atoms. The molecule has 0 aliphatic heterocycles. The lowest BCUT2D eigenvalue weighted by molar-refractivity contribution is -0.136. The Hall–Kier alpha value is -1.52. The molecule has 0 saturated heterocycles. The number of carboxylic acid groups (broad SMARTS) is 1. The van der Waals surface area contributed by atoms with Gasteiger partial charge in [0.05, 0.1) is 0 Å². The molecule has 1 unspecified atom stereocenters. The fraction of sp³-hybridized carbons (Fsp3) is 0.389.